The third-order valence-corrected chi connectivity index (χ3v) is 12.6. The highest BCUT2D eigenvalue weighted by atomic mass is 16.3. The van der Waals surface area contributed by atoms with E-state index in [1.165, 1.54) is 193 Å². The van der Waals surface area contributed by atoms with Gasteiger partial charge in [0.1, 0.15) is 12.2 Å². The zero-order valence-corrected chi connectivity index (χ0v) is 40.7. The normalized spacial score (nSPS) is 14.1. The van der Waals surface area contributed by atoms with E-state index in [-0.39, 0.29) is 0 Å². The highest BCUT2D eigenvalue weighted by Crippen LogP contribution is 2.17. The second-order valence-corrected chi connectivity index (χ2v) is 18.6. The summed E-state index contributed by atoms with van der Waals surface area (Å²) in [7, 11) is 0. The predicted octanol–water partition coefficient (Wildman–Crippen LogP) is 15.2. The average Bonchev–Trinajstić information content (AvgIpc) is 3.26. The molecule has 0 fully saturated rings. The molecule has 4 unspecified atom stereocenters. The fourth-order valence-corrected chi connectivity index (χ4v) is 8.32. The van der Waals surface area contributed by atoms with Crippen LogP contribution in [0.3, 0.4) is 0 Å². The molecule has 6 nitrogen and oxygen atoms in total. The van der Waals surface area contributed by atoms with E-state index < -0.39 is 36.9 Å². The maximum Gasteiger partial charge on any atom is 0.249 e. The lowest BCUT2D eigenvalue weighted by molar-refractivity contribution is -0.132. The number of carbonyl (C=O) groups excluding carboxylic acids is 1. The van der Waals surface area contributed by atoms with Crippen molar-refractivity contribution in [3.8, 4) is 0 Å². The Labute approximate surface area is 379 Å². The predicted molar refractivity (Wildman–Crippen MR) is 265 cm³/mol. The minimum atomic E-state index is -1.29. The lowest BCUT2D eigenvalue weighted by atomic mass is 10.00. The Hall–Kier alpha value is -1.47. The minimum Gasteiger partial charge on any atom is -0.394 e. The van der Waals surface area contributed by atoms with Gasteiger partial charge in [-0.05, 0) is 64.2 Å². The Kier molecular flexibility index (Phi) is 48.3. The number of hydrogen-bond donors (Lipinski definition) is 5. The molecule has 0 bridgehead atoms. The molecule has 6 heteroatoms. The molecule has 61 heavy (non-hydrogen) atoms. The topological polar surface area (TPSA) is 110 Å². The molecule has 5 N–H and O–H groups in total. The summed E-state index contributed by atoms with van der Waals surface area (Å²) in [5.41, 5.74) is 0. The highest BCUT2D eigenvalue weighted by molar-refractivity contribution is 5.80. The molecule has 4 atom stereocenters. The molecule has 0 aliphatic rings. The number of carbonyl (C=O) groups is 1. The van der Waals surface area contributed by atoms with Gasteiger partial charge in [-0.25, -0.2) is 0 Å². The third kappa shape index (κ3) is 43.6. The summed E-state index contributed by atoms with van der Waals surface area (Å²) in [4.78, 5) is 12.6. The standard InChI is InChI=1S/C55H105NO5/c1-3-5-7-9-11-13-15-17-19-21-23-25-27-29-30-32-34-36-38-40-42-44-46-48-52(58)54(60)51(50-57)56-55(61)53(59)49-47-45-43-41-39-37-35-33-31-28-26-24-22-20-18-16-14-12-10-8-6-4-2/h25,27,32,34,40,42,51-54,57-60H,3-24,26,28-31,33,35-39,41,43-50H2,1-2H3,(H,56,61)/b27-25+,34-32+,42-40+. The number of aliphatic hydroxyl groups excluding tert-OH is 4. The second kappa shape index (κ2) is 49.5. The number of rotatable bonds is 49. The molecular weight excluding hydrogens is 755 g/mol. The molecule has 0 rings (SSSR count). The van der Waals surface area contributed by atoms with Gasteiger partial charge in [0.2, 0.25) is 5.91 Å². The van der Waals surface area contributed by atoms with Gasteiger partial charge < -0.3 is 25.7 Å². The van der Waals surface area contributed by atoms with Crippen LogP contribution in [-0.4, -0.2) is 57.3 Å². The van der Waals surface area contributed by atoms with Crippen LogP contribution in [0.15, 0.2) is 36.5 Å². The van der Waals surface area contributed by atoms with Crippen molar-refractivity contribution in [3.63, 3.8) is 0 Å². The van der Waals surface area contributed by atoms with Crippen molar-refractivity contribution in [2.75, 3.05) is 6.61 Å². The number of nitrogens with one attached hydrogen (secondary N) is 1. The van der Waals surface area contributed by atoms with Gasteiger partial charge >= 0.3 is 0 Å². The van der Waals surface area contributed by atoms with Gasteiger partial charge in [0, 0.05) is 0 Å². The molecule has 360 valence electrons. The van der Waals surface area contributed by atoms with Gasteiger partial charge in [-0.2, -0.15) is 0 Å². The van der Waals surface area contributed by atoms with Crippen LogP contribution in [0, 0.1) is 0 Å². The molecule has 0 aliphatic heterocycles. The maximum atomic E-state index is 12.6. The fraction of sp³-hybridized carbons (Fsp3) is 0.873. The summed E-state index contributed by atoms with van der Waals surface area (Å²) in [6.45, 7) is 4.06. The van der Waals surface area contributed by atoms with Gasteiger partial charge in [0.15, 0.2) is 0 Å². The molecule has 0 aromatic carbocycles. The molecule has 0 spiro atoms. The van der Waals surface area contributed by atoms with Crippen molar-refractivity contribution in [1.82, 2.24) is 5.32 Å². The smallest absolute Gasteiger partial charge is 0.249 e. The van der Waals surface area contributed by atoms with Crippen molar-refractivity contribution in [2.24, 2.45) is 0 Å². The van der Waals surface area contributed by atoms with Gasteiger partial charge in [0.25, 0.3) is 0 Å². The SMILES string of the molecule is CCCCCCCCCCCC/C=C/CC/C=C/CC/C=C/CCCC(O)C(O)C(CO)NC(=O)C(O)CCCCCCCCCCCCCCCCCCCCCCCC. The molecule has 1 amide bonds. The van der Waals surface area contributed by atoms with Crippen molar-refractivity contribution in [2.45, 2.75) is 301 Å². The highest BCUT2D eigenvalue weighted by Gasteiger charge is 2.28. The number of aliphatic hydroxyl groups is 4. The average molecular weight is 860 g/mol. The van der Waals surface area contributed by atoms with E-state index in [0.29, 0.717) is 19.3 Å². The van der Waals surface area contributed by atoms with Crippen molar-refractivity contribution >= 4 is 5.91 Å². The Balaban J connectivity index is 3.72. The Morgan fingerprint density at radius 2 is 0.689 bits per heavy atom. The first-order valence-electron chi connectivity index (χ1n) is 26.9. The first kappa shape index (κ1) is 59.5. The molecule has 0 heterocycles. The number of hydrogen-bond acceptors (Lipinski definition) is 5. The summed E-state index contributed by atoms with van der Waals surface area (Å²) in [5, 5.41) is 43.9. The van der Waals surface area contributed by atoms with E-state index in [2.05, 4.69) is 55.6 Å². The first-order valence-corrected chi connectivity index (χ1v) is 26.9. The van der Waals surface area contributed by atoms with Crippen molar-refractivity contribution < 1.29 is 25.2 Å². The molecule has 0 radical (unpaired) electrons. The van der Waals surface area contributed by atoms with Crippen molar-refractivity contribution in [1.29, 1.82) is 0 Å². The van der Waals surface area contributed by atoms with E-state index in [4.69, 9.17) is 0 Å². The molecule has 0 aliphatic carbocycles. The quantitative estimate of drug-likeness (QED) is 0.0309. The van der Waals surface area contributed by atoms with Gasteiger partial charge in [0.05, 0.1) is 18.8 Å². The summed E-state index contributed by atoms with van der Waals surface area (Å²) in [6.07, 6.45) is 60.6. The van der Waals surface area contributed by atoms with E-state index in [1.54, 1.807) is 0 Å². The van der Waals surface area contributed by atoms with Crippen LogP contribution in [0.1, 0.15) is 277 Å². The van der Waals surface area contributed by atoms with Crippen LogP contribution in [0.2, 0.25) is 0 Å². The first-order chi connectivity index (χ1) is 30.0. The van der Waals surface area contributed by atoms with Crippen LogP contribution in [0.4, 0.5) is 0 Å². The zero-order valence-electron chi connectivity index (χ0n) is 40.7. The fourth-order valence-electron chi connectivity index (χ4n) is 8.32. The zero-order chi connectivity index (χ0) is 44.5. The Morgan fingerprint density at radius 1 is 0.393 bits per heavy atom. The lowest BCUT2D eigenvalue weighted by Crippen LogP contribution is -2.53. The van der Waals surface area contributed by atoms with Gasteiger partial charge in [-0.1, -0.05) is 249 Å². The van der Waals surface area contributed by atoms with Crippen LogP contribution in [0.25, 0.3) is 0 Å². The number of amides is 1. The van der Waals surface area contributed by atoms with Crippen LogP contribution < -0.4 is 5.32 Å². The van der Waals surface area contributed by atoms with Crippen LogP contribution >= 0.6 is 0 Å². The summed E-state index contributed by atoms with van der Waals surface area (Å²) in [5.74, 6) is -0.596. The summed E-state index contributed by atoms with van der Waals surface area (Å²) >= 11 is 0. The van der Waals surface area contributed by atoms with Gasteiger partial charge in [-0.15, -0.1) is 0 Å². The Bertz CT molecular complexity index is 966. The van der Waals surface area contributed by atoms with Crippen LogP contribution in [0.5, 0.6) is 0 Å². The summed E-state index contributed by atoms with van der Waals surface area (Å²) in [6, 6.07) is -1.01. The molecule has 0 saturated carbocycles. The largest absolute Gasteiger partial charge is 0.394 e. The minimum absolute atomic E-state index is 0.362. The molecule has 0 saturated heterocycles. The molecular formula is C55H105NO5. The Morgan fingerprint density at radius 3 is 1.03 bits per heavy atom. The van der Waals surface area contributed by atoms with Crippen LogP contribution in [-0.2, 0) is 4.79 Å². The number of unbranched alkanes of at least 4 members (excludes halogenated alkanes) is 34. The third-order valence-electron chi connectivity index (χ3n) is 12.6. The van der Waals surface area contributed by atoms with E-state index in [1.807, 2.05) is 0 Å². The monoisotopic (exact) mass is 860 g/mol. The van der Waals surface area contributed by atoms with Gasteiger partial charge in [-0.3, -0.25) is 4.79 Å². The van der Waals surface area contributed by atoms with E-state index >= 15 is 0 Å². The lowest BCUT2D eigenvalue weighted by Gasteiger charge is -2.27. The van der Waals surface area contributed by atoms with Crippen molar-refractivity contribution in [3.05, 3.63) is 36.5 Å². The summed E-state index contributed by atoms with van der Waals surface area (Å²) < 4.78 is 0. The molecule has 0 aromatic rings. The van der Waals surface area contributed by atoms with E-state index in [9.17, 15) is 25.2 Å². The maximum absolute atomic E-state index is 12.6. The molecule has 0 aromatic heterocycles. The number of allylic oxidation sites excluding steroid dienone is 6. The van der Waals surface area contributed by atoms with E-state index in [0.717, 1.165) is 51.4 Å². The second-order valence-electron chi connectivity index (χ2n) is 18.6.